The van der Waals surface area contributed by atoms with Crippen LogP contribution in [-0.4, -0.2) is 51.7 Å². The number of aliphatic hydroxyl groups is 1. The molecule has 3 aromatic rings. The molecule has 1 aromatic carbocycles. The quantitative estimate of drug-likeness (QED) is 0.472. The zero-order valence-corrected chi connectivity index (χ0v) is 20.2. The first-order valence-corrected chi connectivity index (χ1v) is 11.5. The van der Waals surface area contributed by atoms with Crippen LogP contribution in [0.15, 0.2) is 35.5 Å². The molecule has 3 heterocycles. The van der Waals surface area contributed by atoms with Crippen molar-refractivity contribution in [1.29, 1.82) is 0 Å². The molecule has 1 fully saturated rings. The van der Waals surface area contributed by atoms with Crippen LogP contribution in [0.2, 0.25) is 0 Å². The second kappa shape index (κ2) is 10.1. The average Bonchev–Trinajstić information content (AvgIpc) is 3.18. The van der Waals surface area contributed by atoms with Crippen LogP contribution in [0.1, 0.15) is 37.8 Å². The van der Waals surface area contributed by atoms with Crippen molar-refractivity contribution in [1.82, 2.24) is 20.5 Å². The molecule has 0 unspecified atom stereocenters. The summed E-state index contributed by atoms with van der Waals surface area (Å²) in [5.41, 5.74) is 1.36. The third kappa shape index (κ3) is 5.47. The van der Waals surface area contributed by atoms with Gasteiger partial charge < -0.3 is 15.3 Å². The van der Waals surface area contributed by atoms with Crippen molar-refractivity contribution < 1.29 is 13.9 Å². The first kappa shape index (κ1) is 24.7. The topological polar surface area (TPSA) is 89.4 Å². The van der Waals surface area contributed by atoms with Crippen molar-refractivity contribution in [3.8, 4) is 11.3 Å². The number of nitrogens with zero attached hydrogens (tertiary/aromatic N) is 4. The van der Waals surface area contributed by atoms with Crippen LogP contribution in [0.4, 0.5) is 14.6 Å². The Balaban J connectivity index is 1.55. The van der Waals surface area contributed by atoms with Gasteiger partial charge in [-0.05, 0) is 63.6 Å². The Morgan fingerprint density at radius 3 is 2.57 bits per heavy atom. The summed E-state index contributed by atoms with van der Waals surface area (Å²) in [5.74, 6) is -0.468. The maximum Gasteiger partial charge on any atom is 0.135 e. The van der Waals surface area contributed by atoms with Gasteiger partial charge in [0.05, 0.1) is 28.4 Å². The summed E-state index contributed by atoms with van der Waals surface area (Å²) in [7, 11) is 1.71. The monoisotopic (exact) mass is 480 g/mol. The van der Waals surface area contributed by atoms with E-state index in [9.17, 15) is 13.9 Å². The third-order valence-corrected chi connectivity index (χ3v) is 6.32. The van der Waals surface area contributed by atoms with Crippen LogP contribution < -0.4 is 20.8 Å². The number of pyridine rings is 1. The Morgan fingerprint density at radius 2 is 1.97 bits per heavy atom. The van der Waals surface area contributed by atoms with Gasteiger partial charge in [0.15, 0.2) is 0 Å². The normalized spacial score (nSPS) is 16.7. The number of benzene rings is 1. The van der Waals surface area contributed by atoms with Crippen LogP contribution in [0.3, 0.4) is 0 Å². The number of piperidine rings is 1. The lowest BCUT2D eigenvalue weighted by atomic mass is 9.94. The molecule has 0 aliphatic carbocycles. The fourth-order valence-electron chi connectivity index (χ4n) is 4.16. The zero-order valence-electron chi connectivity index (χ0n) is 20.2. The Labute approximate surface area is 202 Å². The minimum atomic E-state index is -0.659. The first-order chi connectivity index (χ1) is 16.7. The molecule has 4 rings (SSSR count). The summed E-state index contributed by atoms with van der Waals surface area (Å²) in [4.78, 5) is 11.0. The number of halogens is 2. The molecule has 184 valence electrons. The van der Waals surface area contributed by atoms with E-state index in [1.165, 1.54) is 18.3 Å². The molecule has 3 N–H and O–H groups in total. The molecule has 1 aliphatic heterocycles. The maximum atomic E-state index is 14.5. The fraction of sp³-hybridized carbons (Fsp3) is 0.346. The smallest absolute Gasteiger partial charge is 0.135 e. The number of aliphatic imine (C=N–C) groups is 1. The Bertz CT molecular complexity index is 1310. The van der Waals surface area contributed by atoms with Crippen LogP contribution in [0.25, 0.3) is 24.0 Å². The summed E-state index contributed by atoms with van der Waals surface area (Å²) in [6, 6.07) is 6.46. The molecular formula is C26H30F2N6O. The van der Waals surface area contributed by atoms with Gasteiger partial charge in [-0.2, -0.15) is 5.10 Å². The highest BCUT2D eigenvalue weighted by Crippen LogP contribution is 2.25. The van der Waals surface area contributed by atoms with E-state index in [0.717, 1.165) is 24.5 Å². The van der Waals surface area contributed by atoms with Gasteiger partial charge in [-0.3, -0.25) is 10.1 Å². The lowest BCUT2D eigenvalue weighted by molar-refractivity contribution is 0.0350. The van der Waals surface area contributed by atoms with E-state index in [2.05, 4.69) is 37.0 Å². The Morgan fingerprint density at radius 1 is 1.29 bits per heavy atom. The molecule has 7 nitrogen and oxygen atoms in total. The van der Waals surface area contributed by atoms with Gasteiger partial charge in [-0.15, -0.1) is 0 Å². The molecule has 35 heavy (non-hydrogen) atoms. The Kier molecular flexibility index (Phi) is 7.09. The van der Waals surface area contributed by atoms with Crippen molar-refractivity contribution in [2.75, 3.05) is 25.0 Å². The van der Waals surface area contributed by atoms with Crippen molar-refractivity contribution in [2.45, 2.75) is 38.8 Å². The number of rotatable bonds is 6. The number of hydrogen-bond acceptors (Lipinski definition) is 6. The minimum absolute atomic E-state index is 0.162. The number of hydrogen-bond donors (Lipinski definition) is 3. The van der Waals surface area contributed by atoms with Gasteiger partial charge in [-0.1, -0.05) is 6.58 Å². The van der Waals surface area contributed by atoms with Gasteiger partial charge in [-0.25, -0.2) is 13.8 Å². The molecule has 0 spiro atoms. The first-order valence-electron chi connectivity index (χ1n) is 11.5. The molecule has 9 heteroatoms. The van der Waals surface area contributed by atoms with E-state index in [0.29, 0.717) is 41.2 Å². The predicted octanol–water partition coefficient (Wildman–Crippen LogP) is 2.48. The lowest BCUT2D eigenvalue weighted by Crippen LogP contribution is -2.42. The van der Waals surface area contributed by atoms with E-state index in [1.54, 1.807) is 20.2 Å². The van der Waals surface area contributed by atoms with Crippen LogP contribution in [-0.2, 0) is 6.54 Å². The van der Waals surface area contributed by atoms with E-state index >= 15 is 0 Å². The lowest BCUT2D eigenvalue weighted by Gasteiger charge is -2.36. The summed E-state index contributed by atoms with van der Waals surface area (Å²) >= 11 is 0. The highest BCUT2D eigenvalue weighted by atomic mass is 19.1. The van der Waals surface area contributed by atoms with Gasteiger partial charge in [0.1, 0.15) is 23.1 Å². The number of H-pyrrole nitrogens is 1. The second-order valence-corrected chi connectivity index (χ2v) is 9.16. The van der Waals surface area contributed by atoms with Crippen LogP contribution >= 0.6 is 0 Å². The minimum Gasteiger partial charge on any atom is -0.390 e. The van der Waals surface area contributed by atoms with Crippen LogP contribution in [0.5, 0.6) is 0 Å². The van der Waals surface area contributed by atoms with E-state index in [1.807, 2.05) is 19.1 Å². The van der Waals surface area contributed by atoms with Crippen LogP contribution in [0, 0.1) is 11.6 Å². The van der Waals surface area contributed by atoms with Gasteiger partial charge >= 0.3 is 0 Å². The molecule has 0 saturated carbocycles. The summed E-state index contributed by atoms with van der Waals surface area (Å²) in [5, 5.41) is 21.4. The number of aromatic nitrogens is 3. The molecule has 0 atom stereocenters. The summed E-state index contributed by atoms with van der Waals surface area (Å²) in [6.07, 6.45) is 4.61. The summed E-state index contributed by atoms with van der Waals surface area (Å²) in [6.45, 7) is 9.37. The van der Waals surface area contributed by atoms with E-state index < -0.39 is 17.2 Å². The molecule has 2 aromatic heterocycles. The van der Waals surface area contributed by atoms with Crippen molar-refractivity contribution in [3.05, 3.63) is 63.8 Å². The fourth-order valence-corrected chi connectivity index (χ4v) is 4.16. The maximum absolute atomic E-state index is 14.5. The number of aromatic amines is 1. The largest absolute Gasteiger partial charge is 0.390 e. The zero-order chi connectivity index (χ0) is 25.2. The number of nitrogens with one attached hydrogen (secondary N) is 2. The molecule has 1 saturated heterocycles. The van der Waals surface area contributed by atoms with Crippen molar-refractivity contribution in [2.24, 2.45) is 4.99 Å². The molecule has 0 amide bonds. The standard InChI is InChI=1S/C26H30F2N6O/c1-16-22(15-30-17(2)24-20(27)11-18(13-29-4)12-21(24)28)32-33-25(16)19-5-6-23(31-14-19)34-9-7-26(3,35)8-10-34/h5-6,11-12,14-15,29,32,35H,1,7-10,13H2,2-4H3/b22-15+,30-17?. The Hall–Kier alpha value is -3.43. The molecular weight excluding hydrogens is 450 g/mol. The van der Waals surface area contributed by atoms with Gasteiger partial charge in [0.25, 0.3) is 0 Å². The summed E-state index contributed by atoms with van der Waals surface area (Å²) < 4.78 is 29.0. The second-order valence-electron chi connectivity index (χ2n) is 9.16. The average molecular weight is 481 g/mol. The number of anilines is 1. The van der Waals surface area contributed by atoms with Gasteiger partial charge in [0, 0.05) is 36.6 Å². The third-order valence-electron chi connectivity index (χ3n) is 6.32. The van der Waals surface area contributed by atoms with Gasteiger partial charge in [0.2, 0.25) is 0 Å². The molecule has 0 bridgehead atoms. The molecule has 1 aliphatic rings. The SMILES string of the molecule is C=c1c(-c2ccc(N3CCC(C)(O)CC3)nc2)n[nH]/c1=C/N=C(C)c1c(F)cc(CNC)cc1F. The van der Waals surface area contributed by atoms with Crippen molar-refractivity contribution in [3.63, 3.8) is 0 Å². The predicted molar refractivity (Wildman–Crippen MR) is 134 cm³/mol. The molecule has 0 radical (unpaired) electrons. The highest BCUT2D eigenvalue weighted by molar-refractivity contribution is 6.00. The van der Waals surface area contributed by atoms with E-state index in [-0.39, 0.29) is 11.3 Å². The highest BCUT2D eigenvalue weighted by Gasteiger charge is 2.27. The van der Waals surface area contributed by atoms with E-state index in [4.69, 9.17) is 0 Å². The van der Waals surface area contributed by atoms with Crippen molar-refractivity contribution >= 4 is 24.3 Å².